The van der Waals surface area contributed by atoms with Crippen LogP contribution in [0, 0.1) is 18.8 Å². The van der Waals surface area contributed by atoms with Crippen molar-refractivity contribution < 1.29 is 14.6 Å². The van der Waals surface area contributed by atoms with Crippen LogP contribution in [0.15, 0.2) is 48.5 Å². The fraction of sp³-hybridized carbons (Fsp3) is 0.464. The summed E-state index contributed by atoms with van der Waals surface area (Å²) in [5.74, 6) is 1.82. The molecular weight excluding hydrogens is 440 g/mol. The quantitative estimate of drug-likeness (QED) is 0.599. The number of aliphatic hydroxyl groups is 1. The number of carbonyl (C=O) groups excluding carboxylic acids is 1. The molecule has 2 fully saturated rings. The Kier molecular flexibility index (Phi) is 6.86. The van der Waals surface area contributed by atoms with E-state index in [9.17, 15) is 9.90 Å². The van der Waals surface area contributed by atoms with E-state index in [1.54, 1.807) is 7.11 Å². The van der Waals surface area contributed by atoms with Gasteiger partial charge in [-0.2, -0.15) is 0 Å². The molecule has 7 nitrogen and oxygen atoms in total. The van der Waals surface area contributed by atoms with Crippen molar-refractivity contribution in [2.24, 2.45) is 11.8 Å². The minimum absolute atomic E-state index is 0.0516. The van der Waals surface area contributed by atoms with Gasteiger partial charge in [0.05, 0.1) is 30.3 Å². The standard InChI is InChI=1S/C28H34N4O3/c1-19-24-11-10-23(35-2)17-25(24)30-28(29-19)32-14-6-9-22(18-32)27(34)31-15-12-21(13-16-31)26(33)20-7-4-3-5-8-20/h3-5,7-8,10-11,17,21-22,26,33H,6,9,12-16,18H2,1-2H3/t22-,26+/m0/s1. The number of aryl methyl sites for hydroxylation is 1. The molecule has 2 atom stereocenters. The third-order valence-corrected chi connectivity index (χ3v) is 7.58. The van der Waals surface area contributed by atoms with Crippen molar-refractivity contribution >= 4 is 22.8 Å². The minimum atomic E-state index is -0.467. The number of anilines is 1. The summed E-state index contributed by atoms with van der Waals surface area (Å²) in [6.45, 7) is 4.90. The number of carbonyl (C=O) groups is 1. The number of hydrogen-bond acceptors (Lipinski definition) is 6. The predicted octanol–water partition coefficient (Wildman–Crippen LogP) is 4.14. The third kappa shape index (κ3) is 4.96. The molecule has 3 aromatic rings. The second-order valence-electron chi connectivity index (χ2n) is 9.80. The van der Waals surface area contributed by atoms with Crippen LogP contribution in [-0.2, 0) is 4.79 Å². The van der Waals surface area contributed by atoms with E-state index >= 15 is 0 Å². The molecule has 3 heterocycles. The summed E-state index contributed by atoms with van der Waals surface area (Å²) in [4.78, 5) is 27.2. The van der Waals surface area contributed by atoms with Gasteiger partial charge in [0.25, 0.3) is 0 Å². The van der Waals surface area contributed by atoms with Crippen LogP contribution < -0.4 is 9.64 Å². The van der Waals surface area contributed by atoms with Gasteiger partial charge < -0.3 is 19.6 Å². The number of methoxy groups -OCH3 is 1. The average molecular weight is 475 g/mol. The molecule has 0 aliphatic carbocycles. The van der Waals surface area contributed by atoms with Crippen LogP contribution in [-0.4, -0.2) is 59.2 Å². The number of aliphatic hydroxyl groups excluding tert-OH is 1. The van der Waals surface area contributed by atoms with Gasteiger partial charge in [0.15, 0.2) is 0 Å². The maximum atomic E-state index is 13.4. The Labute approximate surface area is 206 Å². The lowest BCUT2D eigenvalue weighted by Gasteiger charge is -2.38. The van der Waals surface area contributed by atoms with Crippen LogP contribution in [0.3, 0.4) is 0 Å². The zero-order valence-corrected chi connectivity index (χ0v) is 20.6. The highest BCUT2D eigenvalue weighted by atomic mass is 16.5. The number of likely N-dealkylation sites (tertiary alicyclic amines) is 1. The molecule has 184 valence electrons. The molecule has 2 aromatic carbocycles. The van der Waals surface area contributed by atoms with Crippen LogP contribution in [0.5, 0.6) is 5.75 Å². The van der Waals surface area contributed by atoms with Crippen LogP contribution in [0.4, 0.5) is 5.95 Å². The summed E-state index contributed by atoms with van der Waals surface area (Å²) in [7, 11) is 1.65. The molecule has 0 radical (unpaired) electrons. The first kappa shape index (κ1) is 23.5. The molecule has 5 rings (SSSR count). The van der Waals surface area contributed by atoms with Gasteiger partial charge in [0.2, 0.25) is 11.9 Å². The molecule has 1 amide bonds. The normalized spacial score (nSPS) is 20.1. The molecule has 0 bridgehead atoms. The number of fused-ring (bicyclic) bond motifs is 1. The molecular formula is C28H34N4O3. The molecule has 0 saturated carbocycles. The van der Waals surface area contributed by atoms with Crippen molar-refractivity contribution in [3.8, 4) is 5.75 Å². The fourth-order valence-electron chi connectivity index (χ4n) is 5.50. The molecule has 35 heavy (non-hydrogen) atoms. The first-order valence-electron chi connectivity index (χ1n) is 12.6. The van der Waals surface area contributed by atoms with Crippen LogP contribution in [0.25, 0.3) is 10.9 Å². The summed E-state index contributed by atoms with van der Waals surface area (Å²) in [6, 6.07) is 15.7. The highest BCUT2D eigenvalue weighted by Gasteiger charge is 2.34. The molecule has 2 saturated heterocycles. The van der Waals surface area contributed by atoms with Crippen LogP contribution in [0.1, 0.15) is 43.0 Å². The summed E-state index contributed by atoms with van der Waals surface area (Å²) in [5, 5.41) is 11.8. The first-order chi connectivity index (χ1) is 17.0. The molecule has 2 aliphatic heterocycles. The van der Waals surface area contributed by atoms with Gasteiger partial charge in [-0.25, -0.2) is 9.97 Å². The van der Waals surface area contributed by atoms with Crippen molar-refractivity contribution in [2.45, 2.75) is 38.7 Å². The zero-order valence-electron chi connectivity index (χ0n) is 20.6. The zero-order chi connectivity index (χ0) is 24.4. The molecule has 7 heteroatoms. The number of nitrogens with zero attached hydrogens (tertiary/aromatic N) is 4. The maximum absolute atomic E-state index is 13.4. The molecule has 2 aliphatic rings. The Morgan fingerprint density at radius 2 is 1.83 bits per heavy atom. The van der Waals surface area contributed by atoms with Gasteiger partial charge in [-0.1, -0.05) is 30.3 Å². The van der Waals surface area contributed by atoms with Crippen molar-refractivity contribution in [3.63, 3.8) is 0 Å². The Morgan fingerprint density at radius 3 is 2.57 bits per heavy atom. The van der Waals surface area contributed by atoms with Crippen LogP contribution in [0.2, 0.25) is 0 Å². The summed E-state index contributed by atoms with van der Waals surface area (Å²) < 4.78 is 5.37. The van der Waals surface area contributed by atoms with Gasteiger partial charge >= 0.3 is 0 Å². The Morgan fingerprint density at radius 1 is 1.06 bits per heavy atom. The number of benzene rings is 2. The highest BCUT2D eigenvalue weighted by molar-refractivity contribution is 5.83. The maximum Gasteiger partial charge on any atom is 0.227 e. The first-order valence-corrected chi connectivity index (χ1v) is 12.6. The molecule has 0 spiro atoms. The van der Waals surface area contributed by atoms with E-state index < -0.39 is 6.10 Å². The molecule has 1 N–H and O–H groups in total. The van der Waals surface area contributed by atoms with E-state index in [0.717, 1.165) is 60.1 Å². The topological polar surface area (TPSA) is 78.8 Å². The number of ether oxygens (including phenoxy) is 1. The SMILES string of the molecule is COc1ccc2c(C)nc(N3CCC[C@H](C(=O)N4CCC([C@H](O)c5ccccc5)CC4)C3)nc2c1. The van der Waals surface area contributed by atoms with Gasteiger partial charge in [-0.3, -0.25) is 4.79 Å². The number of hydrogen-bond donors (Lipinski definition) is 1. The highest BCUT2D eigenvalue weighted by Crippen LogP contribution is 2.32. The molecule has 0 unspecified atom stereocenters. The van der Waals surface area contributed by atoms with Gasteiger partial charge in [-0.05, 0) is 56.2 Å². The number of aromatic nitrogens is 2. The van der Waals surface area contributed by atoms with E-state index in [-0.39, 0.29) is 17.7 Å². The largest absolute Gasteiger partial charge is 0.497 e. The summed E-state index contributed by atoms with van der Waals surface area (Å²) in [5.41, 5.74) is 2.75. The van der Waals surface area contributed by atoms with Crippen LogP contribution >= 0.6 is 0 Å². The smallest absolute Gasteiger partial charge is 0.227 e. The Hall–Kier alpha value is -3.19. The van der Waals surface area contributed by atoms with E-state index in [1.807, 2.05) is 60.4 Å². The number of amides is 1. The summed E-state index contributed by atoms with van der Waals surface area (Å²) >= 11 is 0. The monoisotopic (exact) mass is 474 g/mol. The fourth-order valence-corrected chi connectivity index (χ4v) is 5.50. The minimum Gasteiger partial charge on any atom is -0.497 e. The molecule has 1 aromatic heterocycles. The van der Waals surface area contributed by atoms with Crippen molar-refractivity contribution in [1.29, 1.82) is 0 Å². The number of piperidine rings is 2. The van der Waals surface area contributed by atoms with E-state index in [0.29, 0.717) is 25.6 Å². The van der Waals surface area contributed by atoms with E-state index in [2.05, 4.69) is 4.90 Å². The Balaban J connectivity index is 1.24. The lowest BCUT2D eigenvalue weighted by molar-refractivity contribution is -0.137. The van der Waals surface area contributed by atoms with Gasteiger partial charge in [0.1, 0.15) is 5.75 Å². The second-order valence-corrected chi connectivity index (χ2v) is 9.80. The number of rotatable bonds is 5. The van der Waals surface area contributed by atoms with E-state index in [4.69, 9.17) is 14.7 Å². The van der Waals surface area contributed by atoms with E-state index in [1.165, 1.54) is 0 Å². The predicted molar refractivity (Wildman–Crippen MR) is 136 cm³/mol. The lowest BCUT2D eigenvalue weighted by atomic mass is 9.86. The average Bonchev–Trinajstić information content (AvgIpc) is 2.92. The second kappa shape index (κ2) is 10.2. The summed E-state index contributed by atoms with van der Waals surface area (Å²) in [6.07, 6.45) is 3.02. The Bertz CT molecular complexity index is 1180. The van der Waals surface area contributed by atoms with Gasteiger partial charge in [-0.15, -0.1) is 0 Å². The third-order valence-electron chi connectivity index (χ3n) is 7.58. The van der Waals surface area contributed by atoms with Crippen molar-refractivity contribution in [3.05, 3.63) is 59.8 Å². The lowest BCUT2D eigenvalue weighted by Crippen LogP contribution is -2.48. The van der Waals surface area contributed by atoms with Crippen molar-refractivity contribution in [1.82, 2.24) is 14.9 Å². The van der Waals surface area contributed by atoms with Crippen molar-refractivity contribution in [2.75, 3.05) is 38.2 Å². The van der Waals surface area contributed by atoms with Gasteiger partial charge in [0, 0.05) is 37.6 Å².